The van der Waals surface area contributed by atoms with E-state index >= 15 is 0 Å². The van der Waals surface area contributed by atoms with Crippen LogP contribution in [0.25, 0.3) is 0 Å². The smallest absolute Gasteiger partial charge is 0.119 e. The molecule has 1 rings (SSSR count). The molecule has 3 nitrogen and oxygen atoms in total. The van der Waals surface area contributed by atoms with E-state index in [1.165, 1.54) is 5.56 Å². The molecule has 0 radical (unpaired) electrons. The number of nitrogens with one attached hydrogen (secondary N) is 1. The van der Waals surface area contributed by atoms with Gasteiger partial charge in [0.15, 0.2) is 0 Å². The van der Waals surface area contributed by atoms with Crippen LogP contribution in [0.1, 0.15) is 38.3 Å². The van der Waals surface area contributed by atoms with Crippen molar-refractivity contribution in [3.63, 3.8) is 0 Å². The van der Waals surface area contributed by atoms with Gasteiger partial charge in [0, 0.05) is 6.04 Å². The molecular formula is C12H20N2O. The number of nitrogens with two attached hydrogens (primary N) is 1. The fraction of sp³-hybridized carbons (Fsp3) is 0.500. The minimum atomic E-state index is 0.227. The summed E-state index contributed by atoms with van der Waals surface area (Å²) in [7, 11) is 0. The Morgan fingerprint density at radius 2 is 1.93 bits per heavy atom. The largest absolute Gasteiger partial charge is 0.494 e. The summed E-state index contributed by atoms with van der Waals surface area (Å²) in [5, 5.41) is 0. The van der Waals surface area contributed by atoms with Crippen molar-refractivity contribution in [1.82, 2.24) is 5.43 Å². The molecule has 0 aromatic heterocycles. The van der Waals surface area contributed by atoms with Crippen molar-refractivity contribution in [1.29, 1.82) is 0 Å². The summed E-state index contributed by atoms with van der Waals surface area (Å²) in [5.74, 6) is 6.38. The molecule has 0 aliphatic rings. The lowest BCUT2D eigenvalue weighted by atomic mass is 10.1. The summed E-state index contributed by atoms with van der Waals surface area (Å²) >= 11 is 0. The molecule has 84 valence electrons. The van der Waals surface area contributed by atoms with E-state index in [4.69, 9.17) is 10.6 Å². The van der Waals surface area contributed by atoms with E-state index in [0.717, 1.165) is 25.2 Å². The Labute approximate surface area is 91.6 Å². The van der Waals surface area contributed by atoms with Gasteiger partial charge in [-0.05, 0) is 30.5 Å². The normalized spacial score (nSPS) is 12.5. The molecule has 0 saturated carbocycles. The number of hydrazine groups is 1. The molecule has 0 fully saturated rings. The summed E-state index contributed by atoms with van der Waals surface area (Å²) in [6.45, 7) is 4.97. The lowest BCUT2D eigenvalue weighted by Crippen LogP contribution is -2.27. The van der Waals surface area contributed by atoms with Crippen LogP contribution in [0, 0.1) is 0 Å². The Hall–Kier alpha value is -1.06. The first-order valence-electron chi connectivity index (χ1n) is 5.50. The van der Waals surface area contributed by atoms with Crippen LogP contribution in [0.5, 0.6) is 5.75 Å². The molecule has 1 aromatic carbocycles. The quantitative estimate of drug-likeness (QED) is 0.557. The van der Waals surface area contributed by atoms with E-state index < -0.39 is 0 Å². The lowest BCUT2D eigenvalue weighted by Gasteiger charge is -2.14. The molecule has 0 bridgehead atoms. The van der Waals surface area contributed by atoms with Gasteiger partial charge in [-0.2, -0.15) is 0 Å². The molecule has 0 aliphatic carbocycles. The van der Waals surface area contributed by atoms with Crippen LogP contribution in [0.2, 0.25) is 0 Å². The lowest BCUT2D eigenvalue weighted by molar-refractivity contribution is 0.317. The van der Waals surface area contributed by atoms with Crippen LogP contribution in [0.3, 0.4) is 0 Å². The van der Waals surface area contributed by atoms with Gasteiger partial charge in [0.1, 0.15) is 5.75 Å². The van der Waals surface area contributed by atoms with E-state index in [1.54, 1.807) is 0 Å². The van der Waals surface area contributed by atoms with Crippen molar-refractivity contribution in [2.45, 2.75) is 32.7 Å². The highest BCUT2D eigenvalue weighted by Gasteiger charge is 2.06. The van der Waals surface area contributed by atoms with Crippen LogP contribution >= 0.6 is 0 Å². The predicted octanol–water partition coefficient (Wildman–Crippen LogP) is 2.39. The van der Waals surface area contributed by atoms with Gasteiger partial charge in [0.05, 0.1) is 6.61 Å². The van der Waals surface area contributed by atoms with Gasteiger partial charge >= 0.3 is 0 Å². The third kappa shape index (κ3) is 3.53. The van der Waals surface area contributed by atoms with Crippen LogP contribution in [0.15, 0.2) is 24.3 Å². The first kappa shape index (κ1) is 12.0. The van der Waals surface area contributed by atoms with Crippen molar-refractivity contribution < 1.29 is 4.74 Å². The topological polar surface area (TPSA) is 47.3 Å². The minimum Gasteiger partial charge on any atom is -0.494 e. The molecule has 15 heavy (non-hydrogen) atoms. The summed E-state index contributed by atoms with van der Waals surface area (Å²) in [6.07, 6.45) is 2.01. The van der Waals surface area contributed by atoms with Crippen LogP contribution in [0.4, 0.5) is 0 Å². The monoisotopic (exact) mass is 208 g/mol. The van der Waals surface area contributed by atoms with Crippen LogP contribution in [-0.2, 0) is 0 Å². The van der Waals surface area contributed by atoms with Gasteiger partial charge in [-0.3, -0.25) is 11.3 Å². The van der Waals surface area contributed by atoms with Crippen molar-refractivity contribution in [3.8, 4) is 5.75 Å². The molecular weight excluding hydrogens is 188 g/mol. The maximum absolute atomic E-state index is 5.51. The van der Waals surface area contributed by atoms with Crippen LogP contribution in [-0.4, -0.2) is 6.61 Å². The van der Waals surface area contributed by atoms with E-state index in [9.17, 15) is 0 Å². The van der Waals surface area contributed by atoms with Crippen molar-refractivity contribution in [2.24, 2.45) is 5.84 Å². The zero-order valence-electron chi connectivity index (χ0n) is 9.49. The average molecular weight is 208 g/mol. The van der Waals surface area contributed by atoms with Gasteiger partial charge in [-0.25, -0.2) is 0 Å². The van der Waals surface area contributed by atoms with Gasteiger partial charge in [-0.15, -0.1) is 0 Å². The second kappa shape index (κ2) is 6.43. The fourth-order valence-corrected chi connectivity index (χ4v) is 1.47. The minimum absolute atomic E-state index is 0.227. The SMILES string of the molecule is CCCOc1ccc(C(CC)NN)cc1. The molecule has 3 heteroatoms. The molecule has 3 N–H and O–H groups in total. The third-order valence-electron chi connectivity index (χ3n) is 2.36. The van der Waals surface area contributed by atoms with Gasteiger partial charge in [-0.1, -0.05) is 26.0 Å². The maximum atomic E-state index is 5.51. The Balaban J connectivity index is 2.62. The van der Waals surface area contributed by atoms with Crippen LogP contribution < -0.4 is 16.0 Å². The number of benzene rings is 1. The average Bonchev–Trinajstić information content (AvgIpc) is 2.29. The van der Waals surface area contributed by atoms with E-state index in [0.29, 0.717) is 0 Å². The molecule has 0 amide bonds. The van der Waals surface area contributed by atoms with E-state index in [1.807, 2.05) is 12.1 Å². The van der Waals surface area contributed by atoms with Crippen molar-refractivity contribution in [3.05, 3.63) is 29.8 Å². The maximum Gasteiger partial charge on any atom is 0.119 e. The third-order valence-corrected chi connectivity index (χ3v) is 2.36. The van der Waals surface area contributed by atoms with E-state index in [2.05, 4.69) is 31.4 Å². The zero-order chi connectivity index (χ0) is 11.1. The Morgan fingerprint density at radius 3 is 2.40 bits per heavy atom. The standard InChI is InChI=1S/C12H20N2O/c1-3-9-15-11-7-5-10(6-8-11)12(4-2)14-13/h5-8,12,14H,3-4,9,13H2,1-2H3. The van der Waals surface area contributed by atoms with Gasteiger partial charge in [0.2, 0.25) is 0 Å². The number of hydrogen-bond donors (Lipinski definition) is 2. The Morgan fingerprint density at radius 1 is 1.27 bits per heavy atom. The van der Waals surface area contributed by atoms with Crippen molar-refractivity contribution >= 4 is 0 Å². The summed E-state index contributed by atoms with van der Waals surface area (Å²) in [6, 6.07) is 8.32. The second-order valence-corrected chi connectivity index (χ2v) is 3.54. The highest BCUT2D eigenvalue weighted by atomic mass is 16.5. The molecule has 0 spiro atoms. The zero-order valence-corrected chi connectivity index (χ0v) is 9.49. The summed E-state index contributed by atoms with van der Waals surface area (Å²) < 4.78 is 5.51. The van der Waals surface area contributed by atoms with E-state index in [-0.39, 0.29) is 6.04 Å². The van der Waals surface area contributed by atoms with Gasteiger partial charge in [0.25, 0.3) is 0 Å². The number of ether oxygens (including phenoxy) is 1. The number of hydrogen-bond acceptors (Lipinski definition) is 3. The first-order chi connectivity index (χ1) is 7.31. The Kier molecular flexibility index (Phi) is 5.15. The number of rotatable bonds is 6. The molecule has 1 aromatic rings. The summed E-state index contributed by atoms with van der Waals surface area (Å²) in [4.78, 5) is 0. The molecule has 0 aliphatic heterocycles. The second-order valence-electron chi connectivity index (χ2n) is 3.54. The highest BCUT2D eigenvalue weighted by molar-refractivity contribution is 5.29. The van der Waals surface area contributed by atoms with Crippen molar-refractivity contribution in [2.75, 3.05) is 6.61 Å². The summed E-state index contributed by atoms with van der Waals surface area (Å²) in [5.41, 5.74) is 3.99. The van der Waals surface area contributed by atoms with Gasteiger partial charge < -0.3 is 4.74 Å². The molecule has 0 saturated heterocycles. The highest BCUT2D eigenvalue weighted by Crippen LogP contribution is 2.19. The first-order valence-corrected chi connectivity index (χ1v) is 5.50. The fourth-order valence-electron chi connectivity index (χ4n) is 1.47. The molecule has 1 unspecified atom stereocenters. The molecule has 1 atom stereocenters. The Bertz CT molecular complexity index is 267. The molecule has 0 heterocycles. The predicted molar refractivity (Wildman–Crippen MR) is 62.6 cm³/mol.